The highest BCUT2D eigenvalue weighted by Gasteiger charge is 2.13. The molecule has 0 aromatic heterocycles. The van der Waals surface area contributed by atoms with Crippen LogP contribution in [0.2, 0.25) is 5.02 Å². The number of benzene rings is 2. The summed E-state index contributed by atoms with van der Waals surface area (Å²) < 4.78 is 15.2. The Kier molecular flexibility index (Phi) is 5.01. The summed E-state index contributed by atoms with van der Waals surface area (Å²) in [5.74, 6) is -0.457. The Balaban J connectivity index is 2.37. The van der Waals surface area contributed by atoms with Gasteiger partial charge in [-0.05, 0) is 62.2 Å². The summed E-state index contributed by atoms with van der Waals surface area (Å²) in [6, 6.07) is 8.46. The third kappa shape index (κ3) is 3.31. The van der Waals surface area contributed by atoms with E-state index in [2.05, 4.69) is 37.2 Å². The zero-order chi connectivity index (χ0) is 14.9. The first kappa shape index (κ1) is 15.7. The Bertz CT molecular complexity index is 694. The van der Waals surface area contributed by atoms with Crippen molar-refractivity contribution in [3.8, 4) is 0 Å². The van der Waals surface area contributed by atoms with Crippen LogP contribution in [0.3, 0.4) is 0 Å². The maximum absolute atomic E-state index is 14.2. The van der Waals surface area contributed by atoms with Crippen molar-refractivity contribution in [3.63, 3.8) is 0 Å². The molecule has 0 heterocycles. The van der Waals surface area contributed by atoms with Gasteiger partial charge in [-0.2, -0.15) is 0 Å². The number of thiocarbonyl (C=S) groups is 1. The largest absolute Gasteiger partial charge is 0.389 e. The molecule has 0 radical (unpaired) electrons. The molecule has 0 saturated carbocycles. The summed E-state index contributed by atoms with van der Waals surface area (Å²) in [5.41, 5.74) is 6.99. The van der Waals surface area contributed by atoms with Crippen LogP contribution in [0.15, 0.2) is 39.3 Å². The molecule has 104 valence electrons. The van der Waals surface area contributed by atoms with Crippen LogP contribution in [0.25, 0.3) is 0 Å². The van der Waals surface area contributed by atoms with Gasteiger partial charge in [0.2, 0.25) is 0 Å². The predicted molar refractivity (Wildman–Crippen MR) is 92.4 cm³/mol. The molecule has 0 saturated heterocycles. The van der Waals surface area contributed by atoms with Crippen LogP contribution >= 0.6 is 55.7 Å². The van der Waals surface area contributed by atoms with Gasteiger partial charge in [0.25, 0.3) is 0 Å². The second kappa shape index (κ2) is 6.39. The fourth-order valence-electron chi connectivity index (χ4n) is 1.57. The number of nitrogens with two attached hydrogens (primary N) is 1. The van der Waals surface area contributed by atoms with Crippen molar-refractivity contribution in [3.05, 3.63) is 55.7 Å². The summed E-state index contributed by atoms with van der Waals surface area (Å²) in [6.45, 7) is 0. The standard InChI is InChI=1S/C13H8Br2ClFN2S/c14-8-5-6(1-3-9(8)16)19-10-4-2-7(13(18)20)11(15)12(10)17/h1-5,19H,(H2,18,20). The van der Waals surface area contributed by atoms with Gasteiger partial charge >= 0.3 is 0 Å². The molecular formula is C13H8Br2ClFN2S. The van der Waals surface area contributed by atoms with Crippen LogP contribution in [-0.4, -0.2) is 4.99 Å². The van der Waals surface area contributed by atoms with Crippen molar-refractivity contribution in [2.75, 3.05) is 5.32 Å². The van der Waals surface area contributed by atoms with Crippen molar-refractivity contribution < 1.29 is 4.39 Å². The first-order chi connectivity index (χ1) is 9.40. The minimum absolute atomic E-state index is 0.136. The van der Waals surface area contributed by atoms with E-state index in [-0.39, 0.29) is 9.46 Å². The summed E-state index contributed by atoms with van der Waals surface area (Å²) in [4.78, 5) is 0.136. The van der Waals surface area contributed by atoms with E-state index in [1.807, 2.05) is 0 Å². The Morgan fingerprint density at radius 1 is 1.25 bits per heavy atom. The Morgan fingerprint density at radius 2 is 1.95 bits per heavy atom. The van der Waals surface area contributed by atoms with E-state index >= 15 is 0 Å². The maximum Gasteiger partial charge on any atom is 0.161 e. The van der Waals surface area contributed by atoms with E-state index in [4.69, 9.17) is 29.6 Å². The number of hydrogen-bond acceptors (Lipinski definition) is 2. The molecule has 3 N–H and O–H groups in total. The van der Waals surface area contributed by atoms with Crippen molar-refractivity contribution in [1.29, 1.82) is 0 Å². The van der Waals surface area contributed by atoms with Crippen molar-refractivity contribution in [1.82, 2.24) is 0 Å². The number of halogens is 4. The lowest BCUT2D eigenvalue weighted by atomic mass is 10.2. The van der Waals surface area contributed by atoms with Crippen LogP contribution in [0.4, 0.5) is 15.8 Å². The molecule has 7 heteroatoms. The van der Waals surface area contributed by atoms with E-state index in [0.29, 0.717) is 22.0 Å². The van der Waals surface area contributed by atoms with Gasteiger partial charge in [0.15, 0.2) is 5.82 Å². The topological polar surface area (TPSA) is 38.0 Å². The molecule has 0 aliphatic heterocycles. The van der Waals surface area contributed by atoms with E-state index in [0.717, 1.165) is 4.47 Å². The second-order valence-corrected chi connectivity index (χ2v) is 6.40. The van der Waals surface area contributed by atoms with Crippen molar-refractivity contribution in [2.24, 2.45) is 5.73 Å². The Morgan fingerprint density at radius 3 is 2.55 bits per heavy atom. The normalized spacial score (nSPS) is 10.4. The zero-order valence-corrected chi connectivity index (χ0v) is 14.6. The van der Waals surface area contributed by atoms with Gasteiger partial charge in [-0.25, -0.2) is 4.39 Å². The minimum Gasteiger partial charge on any atom is -0.389 e. The first-order valence-electron chi connectivity index (χ1n) is 5.40. The molecule has 0 atom stereocenters. The smallest absolute Gasteiger partial charge is 0.161 e. The number of rotatable bonds is 3. The average molecular weight is 439 g/mol. The number of nitrogens with one attached hydrogen (secondary N) is 1. The number of anilines is 2. The van der Waals surface area contributed by atoms with Gasteiger partial charge < -0.3 is 11.1 Å². The molecule has 0 aliphatic rings. The SMILES string of the molecule is NC(=S)c1ccc(Nc2ccc(Cl)c(Br)c2)c(F)c1Br. The third-order valence-electron chi connectivity index (χ3n) is 2.55. The van der Waals surface area contributed by atoms with Gasteiger partial charge in [0.05, 0.1) is 15.2 Å². The first-order valence-corrected chi connectivity index (χ1v) is 7.77. The molecule has 20 heavy (non-hydrogen) atoms. The van der Waals surface area contributed by atoms with Crippen LogP contribution in [0, 0.1) is 5.82 Å². The predicted octanol–water partition coefficient (Wildman–Crippen LogP) is 5.38. The van der Waals surface area contributed by atoms with E-state index in [9.17, 15) is 4.39 Å². The van der Waals surface area contributed by atoms with Crippen LogP contribution < -0.4 is 11.1 Å². The highest BCUT2D eigenvalue weighted by molar-refractivity contribution is 9.10. The Hall–Kier alpha value is -0.690. The van der Waals surface area contributed by atoms with E-state index in [1.54, 1.807) is 30.3 Å². The molecule has 0 amide bonds. The van der Waals surface area contributed by atoms with Crippen molar-refractivity contribution >= 4 is 72.0 Å². The zero-order valence-electron chi connectivity index (χ0n) is 9.88. The molecule has 2 rings (SSSR count). The monoisotopic (exact) mass is 436 g/mol. The van der Waals surface area contributed by atoms with Gasteiger partial charge in [-0.15, -0.1) is 0 Å². The fraction of sp³-hybridized carbons (Fsp3) is 0. The Labute approximate surface area is 142 Å². The van der Waals surface area contributed by atoms with E-state index < -0.39 is 5.82 Å². The lowest BCUT2D eigenvalue weighted by Gasteiger charge is -2.11. The molecule has 0 unspecified atom stereocenters. The summed E-state index contributed by atoms with van der Waals surface area (Å²) in [7, 11) is 0. The average Bonchev–Trinajstić information content (AvgIpc) is 2.39. The third-order valence-corrected chi connectivity index (χ3v) is 4.76. The van der Waals surface area contributed by atoms with E-state index in [1.165, 1.54) is 0 Å². The molecule has 0 fully saturated rings. The minimum atomic E-state index is -0.457. The molecule has 2 aromatic rings. The van der Waals surface area contributed by atoms with Gasteiger partial charge in [0, 0.05) is 15.7 Å². The molecule has 0 spiro atoms. The fourth-order valence-corrected chi connectivity index (χ4v) is 2.92. The maximum atomic E-state index is 14.2. The molecule has 0 bridgehead atoms. The lowest BCUT2D eigenvalue weighted by Crippen LogP contribution is -2.11. The van der Waals surface area contributed by atoms with Crippen LogP contribution in [0.5, 0.6) is 0 Å². The second-order valence-electron chi connectivity index (χ2n) is 3.91. The molecular weight excluding hydrogens is 430 g/mol. The van der Waals surface area contributed by atoms with Crippen LogP contribution in [0.1, 0.15) is 5.56 Å². The molecule has 2 aromatic carbocycles. The van der Waals surface area contributed by atoms with Crippen LogP contribution in [-0.2, 0) is 0 Å². The summed E-state index contributed by atoms with van der Waals surface area (Å²) >= 11 is 17.2. The van der Waals surface area contributed by atoms with Gasteiger partial charge in [0.1, 0.15) is 4.99 Å². The highest BCUT2D eigenvalue weighted by Crippen LogP contribution is 2.31. The summed E-state index contributed by atoms with van der Waals surface area (Å²) in [6.07, 6.45) is 0. The number of hydrogen-bond donors (Lipinski definition) is 2. The van der Waals surface area contributed by atoms with Gasteiger partial charge in [-0.3, -0.25) is 0 Å². The highest BCUT2D eigenvalue weighted by atomic mass is 79.9. The van der Waals surface area contributed by atoms with Gasteiger partial charge in [-0.1, -0.05) is 23.8 Å². The quantitative estimate of drug-likeness (QED) is 0.632. The molecule has 0 aliphatic carbocycles. The lowest BCUT2D eigenvalue weighted by molar-refractivity contribution is 0.625. The summed E-state index contributed by atoms with van der Waals surface area (Å²) in [5, 5.41) is 3.55. The molecule has 2 nitrogen and oxygen atoms in total. The van der Waals surface area contributed by atoms with Crippen molar-refractivity contribution in [2.45, 2.75) is 0 Å².